The number of amides is 1. The molecule has 0 saturated carbocycles. The van der Waals surface area contributed by atoms with E-state index >= 15 is 0 Å². The molecule has 0 fully saturated rings. The molecular formula is C11H11NO3. The zero-order valence-corrected chi connectivity index (χ0v) is 8.53. The Morgan fingerprint density at radius 2 is 2.20 bits per heavy atom. The van der Waals surface area contributed by atoms with Crippen LogP contribution < -0.4 is 10.1 Å². The molecule has 0 saturated heterocycles. The van der Waals surface area contributed by atoms with Gasteiger partial charge in [-0.2, -0.15) is 0 Å². The lowest BCUT2D eigenvalue weighted by Gasteiger charge is -2.07. The van der Waals surface area contributed by atoms with E-state index in [1.807, 2.05) is 19.1 Å². The number of benzene rings is 1. The highest BCUT2D eigenvalue weighted by Crippen LogP contribution is 2.33. The van der Waals surface area contributed by atoms with Crippen LogP contribution in [0.5, 0.6) is 5.75 Å². The zero-order chi connectivity index (χ0) is 11.0. The van der Waals surface area contributed by atoms with Crippen LogP contribution in [0, 0.1) is 6.92 Å². The van der Waals surface area contributed by atoms with Gasteiger partial charge in [-0.05, 0) is 19.1 Å². The topological polar surface area (TPSA) is 55.4 Å². The summed E-state index contributed by atoms with van der Waals surface area (Å²) in [6, 6.07) is 4.80. The molecule has 0 radical (unpaired) electrons. The first kappa shape index (κ1) is 9.71. The molecule has 1 aromatic carbocycles. The number of ether oxygens (including phenoxy) is 1. The summed E-state index contributed by atoms with van der Waals surface area (Å²) in [4.78, 5) is 22.4. The van der Waals surface area contributed by atoms with E-state index in [9.17, 15) is 9.59 Å². The second-order valence-corrected chi connectivity index (χ2v) is 3.60. The van der Waals surface area contributed by atoms with Crippen molar-refractivity contribution in [3.63, 3.8) is 0 Å². The van der Waals surface area contributed by atoms with E-state index in [1.165, 1.54) is 6.92 Å². The Labute approximate surface area is 87.2 Å². The van der Waals surface area contributed by atoms with Gasteiger partial charge in [0.25, 0.3) is 0 Å². The normalized spacial score (nSPS) is 18.3. The first-order chi connectivity index (χ1) is 7.08. The Kier molecular flexibility index (Phi) is 2.19. The van der Waals surface area contributed by atoms with Gasteiger partial charge in [0.15, 0.2) is 6.04 Å². The highest BCUT2D eigenvalue weighted by Gasteiger charge is 2.33. The second kappa shape index (κ2) is 3.38. The lowest BCUT2D eigenvalue weighted by Crippen LogP contribution is -2.30. The van der Waals surface area contributed by atoms with E-state index in [1.54, 1.807) is 6.07 Å². The molecule has 1 aliphatic heterocycles. The van der Waals surface area contributed by atoms with Crippen molar-refractivity contribution in [3.05, 3.63) is 29.3 Å². The smallest absolute Gasteiger partial charge is 0.338 e. The summed E-state index contributed by atoms with van der Waals surface area (Å²) in [7, 11) is 0. The van der Waals surface area contributed by atoms with Crippen molar-refractivity contribution < 1.29 is 14.3 Å². The number of carbonyl (C=O) groups excluding carboxylic acids is 2. The van der Waals surface area contributed by atoms with Gasteiger partial charge < -0.3 is 10.1 Å². The number of fused-ring (bicyclic) bond motifs is 1. The van der Waals surface area contributed by atoms with E-state index in [0.29, 0.717) is 5.75 Å². The molecule has 1 amide bonds. The molecule has 1 atom stereocenters. The van der Waals surface area contributed by atoms with E-state index in [4.69, 9.17) is 4.74 Å². The van der Waals surface area contributed by atoms with Gasteiger partial charge >= 0.3 is 5.97 Å². The summed E-state index contributed by atoms with van der Waals surface area (Å²) in [6.45, 7) is 3.30. The average Bonchev–Trinajstić information content (AvgIpc) is 2.43. The van der Waals surface area contributed by atoms with Crippen LogP contribution in [0.4, 0.5) is 0 Å². The van der Waals surface area contributed by atoms with Crippen LogP contribution in [0.15, 0.2) is 18.2 Å². The molecule has 78 valence electrons. The van der Waals surface area contributed by atoms with Gasteiger partial charge in [-0.15, -0.1) is 0 Å². The third-order valence-corrected chi connectivity index (χ3v) is 2.27. The molecule has 0 aromatic heterocycles. The first-order valence-electron chi connectivity index (χ1n) is 4.67. The van der Waals surface area contributed by atoms with Crippen LogP contribution in [0.25, 0.3) is 0 Å². The van der Waals surface area contributed by atoms with Gasteiger partial charge in [0, 0.05) is 12.5 Å². The van der Waals surface area contributed by atoms with Gasteiger partial charge in [0.1, 0.15) is 5.75 Å². The van der Waals surface area contributed by atoms with Gasteiger partial charge in [-0.3, -0.25) is 4.79 Å². The number of rotatable bonds is 1. The molecule has 4 heteroatoms. The number of hydrogen-bond donors (Lipinski definition) is 1. The predicted molar refractivity (Wildman–Crippen MR) is 53.4 cm³/mol. The number of aryl methyl sites for hydroxylation is 1. The van der Waals surface area contributed by atoms with E-state index in [-0.39, 0.29) is 5.91 Å². The van der Waals surface area contributed by atoms with Crippen LogP contribution >= 0.6 is 0 Å². The number of esters is 1. The molecular weight excluding hydrogens is 194 g/mol. The Morgan fingerprint density at radius 3 is 2.87 bits per heavy atom. The van der Waals surface area contributed by atoms with Crippen LogP contribution in [-0.2, 0) is 9.59 Å². The van der Waals surface area contributed by atoms with Crippen molar-refractivity contribution in [1.29, 1.82) is 0 Å². The summed E-state index contributed by atoms with van der Waals surface area (Å²) in [5.41, 5.74) is 1.76. The standard InChI is InChI=1S/C11H11NO3/c1-6-3-4-9-8(5-6)10(11(14)15-9)12-7(2)13/h3-5,10H,1-2H3,(H,12,13). The van der Waals surface area contributed by atoms with E-state index in [0.717, 1.165) is 11.1 Å². The lowest BCUT2D eigenvalue weighted by molar-refractivity contribution is -0.137. The Morgan fingerprint density at radius 1 is 1.47 bits per heavy atom. The van der Waals surface area contributed by atoms with Crippen molar-refractivity contribution in [2.75, 3.05) is 0 Å². The molecule has 1 heterocycles. The summed E-state index contributed by atoms with van der Waals surface area (Å²) in [6.07, 6.45) is 0. The fourth-order valence-electron chi connectivity index (χ4n) is 1.62. The quantitative estimate of drug-likeness (QED) is 0.551. The third-order valence-electron chi connectivity index (χ3n) is 2.27. The van der Waals surface area contributed by atoms with Gasteiger partial charge in [-0.25, -0.2) is 4.79 Å². The molecule has 1 N–H and O–H groups in total. The fraction of sp³-hybridized carbons (Fsp3) is 0.273. The summed E-state index contributed by atoms with van der Waals surface area (Å²) in [5, 5.41) is 2.56. The molecule has 1 unspecified atom stereocenters. The molecule has 0 aliphatic carbocycles. The number of hydrogen-bond acceptors (Lipinski definition) is 3. The largest absolute Gasteiger partial charge is 0.424 e. The number of carbonyl (C=O) groups is 2. The van der Waals surface area contributed by atoms with Crippen molar-refractivity contribution >= 4 is 11.9 Å². The SMILES string of the molecule is CC(=O)NC1C(=O)Oc2ccc(C)cc21. The molecule has 4 nitrogen and oxygen atoms in total. The van der Waals surface area contributed by atoms with Gasteiger partial charge in [-0.1, -0.05) is 11.6 Å². The monoisotopic (exact) mass is 205 g/mol. The molecule has 0 spiro atoms. The Hall–Kier alpha value is -1.84. The Bertz CT molecular complexity index is 439. The first-order valence-corrected chi connectivity index (χ1v) is 4.67. The summed E-state index contributed by atoms with van der Waals surface area (Å²) >= 11 is 0. The molecule has 1 aliphatic rings. The molecule has 1 aromatic rings. The second-order valence-electron chi connectivity index (χ2n) is 3.60. The van der Waals surface area contributed by atoms with Crippen molar-refractivity contribution in [3.8, 4) is 5.75 Å². The van der Waals surface area contributed by atoms with Gasteiger partial charge in [0.2, 0.25) is 5.91 Å². The van der Waals surface area contributed by atoms with E-state index < -0.39 is 12.0 Å². The third kappa shape index (κ3) is 1.70. The maximum atomic E-state index is 11.4. The summed E-state index contributed by atoms with van der Waals surface area (Å²) in [5.74, 6) is -0.138. The van der Waals surface area contributed by atoms with Crippen LogP contribution in [0.3, 0.4) is 0 Å². The van der Waals surface area contributed by atoms with Crippen molar-refractivity contribution in [1.82, 2.24) is 5.32 Å². The van der Waals surface area contributed by atoms with Gasteiger partial charge in [0.05, 0.1) is 0 Å². The number of nitrogens with one attached hydrogen (secondary N) is 1. The molecule has 2 rings (SSSR count). The minimum absolute atomic E-state index is 0.244. The highest BCUT2D eigenvalue weighted by molar-refractivity contribution is 5.89. The van der Waals surface area contributed by atoms with Crippen molar-refractivity contribution in [2.45, 2.75) is 19.9 Å². The molecule has 15 heavy (non-hydrogen) atoms. The molecule has 0 bridgehead atoms. The fourth-order valence-corrected chi connectivity index (χ4v) is 1.62. The lowest BCUT2D eigenvalue weighted by atomic mass is 10.1. The maximum Gasteiger partial charge on any atom is 0.338 e. The van der Waals surface area contributed by atoms with Crippen LogP contribution in [-0.4, -0.2) is 11.9 Å². The average molecular weight is 205 g/mol. The van der Waals surface area contributed by atoms with Crippen LogP contribution in [0.2, 0.25) is 0 Å². The minimum atomic E-state index is -0.655. The van der Waals surface area contributed by atoms with E-state index in [2.05, 4.69) is 5.32 Å². The minimum Gasteiger partial charge on any atom is -0.424 e. The highest BCUT2D eigenvalue weighted by atomic mass is 16.5. The summed E-state index contributed by atoms with van der Waals surface area (Å²) < 4.78 is 5.02. The predicted octanol–water partition coefficient (Wildman–Crippen LogP) is 1.09. The maximum absolute atomic E-state index is 11.4. The van der Waals surface area contributed by atoms with Crippen LogP contribution in [0.1, 0.15) is 24.1 Å². The zero-order valence-electron chi connectivity index (χ0n) is 8.53. The van der Waals surface area contributed by atoms with Crippen molar-refractivity contribution in [2.24, 2.45) is 0 Å². The Balaban J connectivity index is 2.39.